The molecule has 1 amide bonds. The van der Waals surface area contributed by atoms with Gasteiger partial charge in [0, 0.05) is 23.1 Å². The fourth-order valence-corrected chi connectivity index (χ4v) is 4.08. The van der Waals surface area contributed by atoms with Gasteiger partial charge in [0.1, 0.15) is 17.0 Å². The molecule has 2 N–H and O–H groups in total. The molecule has 8 nitrogen and oxygen atoms in total. The molecule has 0 atom stereocenters. The van der Waals surface area contributed by atoms with Crippen LogP contribution in [0.1, 0.15) is 27.3 Å². The number of H-pyrrole nitrogens is 1. The number of carbonyl (C=O) groups excluding carboxylic acids is 1. The van der Waals surface area contributed by atoms with Crippen LogP contribution >= 0.6 is 0 Å². The molecule has 4 heterocycles. The van der Waals surface area contributed by atoms with Gasteiger partial charge in [0.15, 0.2) is 17.1 Å². The molecule has 5 rings (SSSR count). The van der Waals surface area contributed by atoms with Crippen LogP contribution in [0.4, 0.5) is 13.2 Å². The summed E-state index contributed by atoms with van der Waals surface area (Å²) < 4.78 is 52.2. The van der Waals surface area contributed by atoms with Crippen molar-refractivity contribution in [1.29, 1.82) is 0 Å². The fourth-order valence-electron chi connectivity index (χ4n) is 4.08. The van der Waals surface area contributed by atoms with Crippen molar-refractivity contribution in [3.05, 3.63) is 71.4 Å². The molecule has 35 heavy (non-hydrogen) atoms. The van der Waals surface area contributed by atoms with Crippen LogP contribution < -0.4 is 10.1 Å². The minimum absolute atomic E-state index is 0.0484. The topological polar surface area (TPSA) is 97.4 Å². The number of hydrogen-bond donors (Lipinski definition) is 2. The third kappa shape index (κ3) is 4.09. The highest BCUT2D eigenvalue weighted by Gasteiger charge is 2.36. The molecular weight excluding hydrogens is 463 g/mol. The Morgan fingerprint density at radius 1 is 1.26 bits per heavy atom. The van der Waals surface area contributed by atoms with Gasteiger partial charge in [-0.15, -0.1) is 0 Å². The molecule has 0 fully saturated rings. The highest BCUT2D eigenvalue weighted by molar-refractivity contribution is 6.00. The molecule has 5 aromatic rings. The number of benzene rings is 1. The number of aryl methyl sites for hydroxylation is 1. The van der Waals surface area contributed by atoms with Crippen molar-refractivity contribution in [1.82, 2.24) is 24.9 Å². The molecular formula is C24H20F3N5O3. The first-order chi connectivity index (χ1) is 16.8. The van der Waals surface area contributed by atoms with Gasteiger partial charge in [-0.05, 0) is 55.3 Å². The molecule has 180 valence electrons. The summed E-state index contributed by atoms with van der Waals surface area (Å²) in [5, 5.41) is 7.53. The first-order valence-electron chi connectivity index (χ1n) is 10.7. The zero-order valence-corrected chi connectivity index (χ0v) is 18.7. The number of aromatic nitrogens is 4. The van der Waals surface area contributed by atoms with Crippen molar-refractivity contribution in [2.75, 3.05) is 13.7 Å². The van der Waals surface area contributed by atoms with Crippen molar-refractivity contribution in [2.24, 2.45) is 0 Å². The van der Waals surface area contributed by atoms with Crippen molar-refractivity contribution in [3.63, 3.8) is 0 Å². The summed E-state index contributed by atoms with van der Waals surface area (Å²) in [4.78, 5) is 20.5. The summed E-state index contributed by atoms with van der Waals surface area (Å²) in [5.74, 6) is 0.287. The number of methoxy groups -OCH3 is 1. The lowest BCUT2D eigenvalue weighted by Crippen LogP contribution is -2.26. The number of nitrogens with one attached hydrogen (secondary N) is 2. The van der Waals surface area contributed by atoms with E-state index in [1.165, 1.54) is 12.3 Å². The van der Waals surface area contributed by atoms with Crippen molar-refractivity contribution in [3.8, 4) is 17.2 Å². The molecule has 0 saturated carbocycles. The zero-order chi connectivity index (χ0) is 24.7. The first kappa shape index (κ1) is 22.5. The predicted octanol–water partition coefficient (Wildman–Crippen LogP) is 4.78. The number of amides is 1. The Labute approximate surface area is 196 Å². The van der Waals surface area contributed by atoms with E-state index in [-0.39, 0.29) is 29.2 Å². The zero-order valence-electron chi connectivity index (χ0n) is 18.7. The first-order valence-corrected chi connectivity index (χ1v) is 10.7. The van der Waals surface area contributed by atoms with Gasteiger partial charge >= 0.3 is 6.18 Å². The molecule has 0 radical (unpaired) electrons. The Kier molecular flexibility index (Phi) is 5.46. The predicted molar refractivity (Wildman–Crippen MR) is 121 cm³/mol. The molecule has 1 aromatic carbocycles. The number of aromatic amines is 1. The van der Waals surface area contributed by atoms with Crippen LogP contribution in [0.5, 0.6) is 5.75 Å². The summed E-state index contributed by atoms with van der Waals surface area (Å²) in [6.45, 7) is 2.19. The van der Waals surface area contributed by atoms with Crippen LogP contribution in [0.3, 0.4) is 0 Å². The Hall–Kier alpha value is -4.28. The molecule has 0 bridgehead atoms. The number of rotatable bonds is 6. The van der Waals surface area contributed by atoms with Crippen molar-refractivity contribution in [2.45, 2.75) is 19.5 Å². The van der Waals surface area contributed by atoms with Crippen LogP contribution in [0.25, 0.3) is 28.0 Å². The Morgan fingerprint density at radius 3 is 2.80 bits per heavy atom. The summed E-state index contributed by atoms with van der Waals surface area (Å²) >= 11 is 0. The average molecular weight is 483 g/mol. The second kappa shape index (κ2) is 8.49. The van der Waals surface area contributed by atoms with Gasteiger partial charge in [-0.25, -0.2) is 9.50 Å². The molecule has 11 heteroatoms. The lowest BCUT2D eigenvalue weighted by Gasteiger charge is -2.11. The van der Waals surface area contributed by atoms with E-state index in [1.807, 2.05) is 25.1 Å². The van der Waals surface area contributed by atoms with E-state index in [2.05, 4.69) is 20.4 Å². The standard InChI is InChI=1S/C24H20F3N5O3/c1-13-15(16-10-14(34-2)5-6-18(16)30-13)7-8-28-23(33)17-12-29-32-21(24(25,26)27)11-19(31-22(17)32)20-4-3-9-35-20/h3-6,9-12,30H,7-8H2,1-2H3,(H,28,33). The minimum atomic E-state index is -4.71. The van der Waals surface area contributed by atoms with Crippen LogP contribution in [-0.2, 0) is 12.6 Å². The average Bonchev–Trinajstić information content (AvgIpc) is 3.56. The van der Waals surface area contributed by atoms with E-state index in [9.17, 15) is 18.0 Å². The summed E-state index contributed by atoms with van der Waals surface area (Å²) in [7, 11) is 1.59. The second-order valence-electron chi connectivity index (χ2n) is 7.94. The number of carbonyl (C=O) groups is 1. The highest BCUT2D eigenvalue weighted by Crippen LogP contribution is 2.33. The normalized spacial score (nSPS) is 11.9. The number of furan rings is 1. The van der Waals surface area contributed by atoms with Crippen molar-refractivity contribution >= 4 is 22.5 Å². The maximum atomic E-state index is 13.7. The molecule has 0 spiro atoms. The lowest BCUT2D eigenvalue weighted by molar-refractivity contribution is -0.142. The Bertz CT molecular complexity index is 1530. The van der Waals surface area contributed by atoms with E-state index in [1.54, 1.807) is 13.2 Å². The molecule has 0 aliphatic rings. The number of halogens is 3. The summed E-state index contributed by atoms with van der Waals surface area (Å²) in [6.07, 6.45) is -1.79. The van der Waals surface area contributed by atoms with E-state index in [0.29, 0.717) is 16.7 Å². The van der Waals surface area contributed by atoms with E-state index >= 15 is 0 Å². The van der Waals surface area contributed by atoms with E-state index < -0.39 is 17.8 Å². The van der Waals surface area contributed by atoms with Crippen molar-refractivity contribution < 1.29 is 27.1 Å². The third-order valence-electron chi connectivity index (χ3n) is 5.77. The molecule has 0 unspecified atom stereocenters. The van der Waals surface area contributed by atoms with Gasteiger partial charge in [-0.1, -0.05) is 0 Å². The monoisotopic (exact) mass is 483 g/mol. The Morgan fingerprint density at radius 2 is 2.09 bits per heavy atom. The highest BCUT2D eigenvalue weighted by atomic mass is 19.4. The molecule has 0 aliphatic carbocycles. The maximum absolute atomic E-state index is 13.7. The van der Waals surface area contributed by atoms with Crippen LogP contribution in [-0.4, -0.2) is 39.1 Å². The Balaban J connectivity index is 1.42. The maximum Gasteiger partial charge on any atom is 0.433 e. The fraction of sp³-hybridized carbons (Fsp3) is 0.208. The minimum Gasteiger partial charge on any atom is -0.497 e. The molecule has 0 saturated heterocycles. The number of ether oxygens (including phenoxy) is 1. The van der Waals surface area contributed by atoms with Gasteiger partial charge in [-0.3, -0.25) is 4.79 Å². The van der Waals surface area contributed by atoms with Gasteiger partial charge in [-0.2, -0.15) is 18.3 Å². The summed E-state index contributed by atoms with van der Waals surface area (Å²) in [5.41, 5.74) is 1.53. The van der Waals surface area contributed by atoms with E-state index in [0.717, 1.165) is 34.4 Å². The molecule has 0 aliphatic heterocycles. The SMILES string of the molecule is COc1ccc2[nH]c(C)c(CCNC(=O)c3cnn4c(C(F)(F)F)cc(-c5ccco5)nc34)c2c1. The number of hydrogen-bond acceptors (Lipinski definition) is 5. The van der Waals surface area contributed by atoms with Crippen LogP contribution in [0.2, 0.25) is 0 Å². The number of fused-ring (bicyclic) bond motifs is 2. The second-order valence-corrected chi connectivity index (χ2v) is 7.94. The number of nitrogens with zero attached hydrogens (tertiary/aromatic N) is 3. The smallest absolute Gasteiger partial charge is 0.433 e. The lowest BCUT2D eigenvalue weighted by atomic mass is 10.1. The molecule has 4 aromatic heterocycles. The van der Waals surface area contributed by atoms with Gasteiger partial charge in [0.05, 0.1) is 19.6 Å². The largest absolute Gasteiger partial charge is 0.497 e. The van der Waals surface area contributed by atoms with Gasteiger partial charge in [0.25, 0.3) is 5.91 Å². The van der Waals surface area contributed by atoms with E-state index in [4.69, 9.17) is 9.15 Å². The number of alkyl halides is 3. The van der Waals surface area contributed by atoms with Crippen LogP contribution in [0.15, 0.2) is 53.3 Å². The quantitative estimate of drug-likeness (QED) is 0.362. The summed E-state index contributed by atoms with van der Waals surface area (Å²) in [6, 6.07) is 9.57. The third-order valence-corrected chi connectivity index (χ3v) is 5.77. The van der Waals surface area contributed by atoms with Gasteiger partial charge in [0.2, 0.25) is 0 Å². The van der Waals surface area contributed by atoms with Crippen LogP contribution in [0, 0.1) is 6.92 Å². The van der Waals surface area contributed by atoms with Gasteiger partial charge < -0.3 is 19.5 Å².